The fraction of sp³-hybridized carbons (Fsp3) is 0.231. The summed E-state index contributed by atoms with van der Waals surface area (Å²) in [6.07, 6.45) is 4.70. The summed E-state index contributed by atoms with van der Waals surface area (Å²) >= 11 is 11.8. The number of aryl methyl sites for hydroxylation is 2. The molecule has 0 amide bonds. The van der Waals surface area contributed by atoms with Crippen LogP contribution in [0.2, 0.25) is 10.0 Å². The molecule has 0 aliphatic carbocycles. The van der Waals surface area contributed by atoms with Crippen LogP contribution in [-0.2, 0) is 13.5 Å². The lowest BCUT2D eigenvalue weighted by Gasteiger charge is -2.03. The number of carbonyl (C=O) groups excluding carboxylic acids is 1. The quantitative estimate of drug-likeness (QED) is 0.804. The summed E-state index contributed by atoms with van der Waals surface area (Å²) in [6, 6.07) is 4.92. The molecule has 5 heteroatoms. The van der Waals surface area contributed by atoms with E-state index in [9.17, 15) is 4.79 Å². The molecule has 0 saturated heterocycles. The highest BCUT2D eigenvalue weighted by Gasteiger charge is 2.11. The van der Waals surface area contributed by atoms with Crippen LogP contribution in [0.25, 0.3) is 0 Å². The molecule has 0 N–H and O–H groups in total. The summed E-state index contributed by atoms with van der Waals surface area (Å²) in [7, 11) is 1.85. The number of Topliss-reactive ketones (excluding diaryl/α,β-unsaturated/α-hetero) is 1. The van der Waals surface area contributed by atoms with Crippen LogP contribution in [0.4, 0.5) is 0 Å². The predicted molar refractivity (Wildman–Crippen MR) is 72.3 cm³/mol. The lowest BCUT2D eigenvalue weighted by Crippen LogP contribution is -2.02. The molecule has 0 atom stereocenters. The van der Waals surface area contributed by atoms with Crippen molar-refractivity contribution in [3.63, 3.8) is 0 Å². The molecule has 1 aromatic heterocycles. The van der Waals surface area contributed by atoms with Crippen LogP contribution in [0.1, 0.15) is 22.3 Å². The summed E-state index contributed by atoms with van der Waals surface area (Å²) in [6.45, 7) is 0. The summed E-state index contributed by atoms with van der Waals surface area (Å²) < 4.78 is 1.71. The first-order chi connectivity index (χ1) is 8.56. The number of halogens is 2. The molecule has 1 heterocycles. The Hall–Kier alpha value is -1.32. The fourth-order valence-electron chi connectivity index (χ4n) is 1.70. The van der Waals surface area contributed by atoms with Gasteiger partial charge >= 0.3 is 0 Å². The highest BCUT2D eigenvalue weighted by molar-refractivity contribution is 6.35. The van der Waals surface area contributed by atoms with Crippen molar-refractivity contribution in [2.75, 3.05) is 0 Å². The third-order valence-electron chi connectivity index (χ3n) is 2.63. The Morgan fingerprint density at radius 1 is 1.39 bits per heavy atom. The molecule has 0 saturated carbocycles. The normalized spacial score (nSPS) is 10.6. The van der Waals surface area contributed by atoms with Gasteiger partial charge in [0, 0.05) is 30.3 Å². The molecule has 0 radical (unpaired) electrons. The van der Waals surface area contributed by atoms with E-state index in [0.717, 1.165) is 5.56 Å². The zero-order chi connectivity index (χ0) is 13.1. The number of carbonyl (C=O) groups is 1. The van der Waals surface area contributed by atoms with E-state index in [-0.39, 0.29) is 5.78 Å². The van der Waals surface area contributed by atoms with Crippen molar-refractivity contribution >= 4 is 29.0 Å². The zero-order valence-electron chi connectivity index (χ0n) is 9.86. The second kappa shape index (κ2) is 5.55. The molecule has 0 unspecified atom stereocenters. The van der Waals surface area contributed by atoms with Crippen LogP contribution in [0.3, 0.4) is 0 Å². The molecule has 3 nitrogen and oxygen atoms in total. The van der Waals surface area contributed by atoms with E-state index in [1.807, 2.05) is 13.2 Å². The van der Waals surface area contributed by atoms with Crippen LogP contribution >= 0.6 is 23.2 Å². The van der Waals surface area contributed by atoms with Gasteiger partial charge in [-0.05, 0) is 30.2 Å². The van der Waals surface area contributed by atoms with Crippen LogP contribution in [0.5, 0.6) is 0 Å². The second-order valence-corrected chi connectivity index (χ2v) is 4.91. The molecule has 0 bridgehead atoms. The van der Waals surface area contributed by atoms with Crippen molar-refractivity contribution in [3.8, 4) is 0 Å². The van der Waals surface area contributed by atoms with Gasteiger partial charge in [-0.15, -0.1) is 0 Å². The summed E-state index contributed by atoms with van der Waals surface area (Å²) in [5.74, 6) is -0.00801. The smallest absolute Gasteiger partial charge is 0.164 e. The average Bonchev–Trinajstić information content (AvgIpc) is 2.75. The van der Waals surface area contributed by atoms with Gasteiger partial charge in [-0.3, -0.25) is 9.48 Å². The minimum Gasteiger partial charge on any atom is -0.294 e. The number of benzene rings is 1. The van der Waals surface area contributed by atoms with E-state index in [2.05, 4.69) is 5.10 Å². The van der Waals surface area contributed by atoms with Crippen molar-refractivity contribution in [1.82, 2.24) is 9.78 Å². The maximum absolute atomic E-state index is 12.0. The number of nitrogens with zero attached hydrogens (tertiary/aromatic N) is 2. The van der Waals surface area contributed by atoms with Gasteiger partial charge in [0.2, 0.25) is 0 Å². The molecule has 2 rings (SSSR count). The Bertz CT molecular complexity index is 578. The van der Waals surface area contributed by atoms with Crippen LogP contribution < -0.4 is 0 Å². The molecule has 2 aromatic rings. The molecule has 0 aliphatic heterocycles. The Morgan fingerprint density at radius 3 is 2.83 bits per heavy atom. The van der Waals surface area contributed by atoms with Gasteiger partial charge in [0.15, 0.2) is 5.78 Å². The van der Waals surface area contributed by atoms with E-state index >= 15 is 0 Å². The van der Waals surface area contributed by atoms with Gasteiger partial charge in [-0.2, -0.15) is 5.10 Å². The zero-order valence-corrected chi connectivity index (χ0v) is 11.4. The van der Waals surface area contributed by atoms with E-state index in [1.165, 1.54) is 0 Å². The summed E-state index contributed by atoms with van der Waals surface area (Å²) in [5.41, 5.74) is 1.51. The molecular formula is C13H12Cl2N2O. The number of hydrogen-bond donors (Lipinski definition) is 0. The molecule has 0 fully saturated rings. The first-order valence-corrected chi connectivity index (χ1v) is 6.27. The first kappa shape index (κ1) is 13.1. The Balaban J connectivity index is 2.05. The van der Waals surface area contributed by atoms with Gasteiger partial charge in [0.05, 0.1) is 11.2 Å². The van der Waals surface area contributed by atoms with E-state index in [1.54, 1.807) is 29.1 Å². The minimum atomic E-state index is -0.00801. The summed E-state index contributed by atoms with van der Waals surface area (Å²) in [4.78, 5) is 12.0. The first-order valence-electron chi connectivity index (χ1n) is 5.52. The highest BCUT2D eigenvalue weighted by atomic mass is 35.5. The lowest BCUT2D eigenvalue weighted by atomic mass is 10.0. The van der Waals surface area contributed by atoms with Crippen LogP contribution in [0.15, 0.2) is 30.6 Å². The molecule has 1 aromatic carbocycles. The number of rotatable bonds is 4. The van der Waals surface area contributed by atoms with Crippen molar-refractivity contribution in [2.45, 2.75) is 12.8 Å². The molecule has 18 heavy (non-hydrogen) atoms. The molecule has 0 spiro atoms. The van der Waals surface area contributed by atoms with E-state index in [0.29, 0.717) is 28.5 Å². The highest BCUT2D eigenvalue weighted by Crippen LogP contribution is 2.22. The molecule has 94 valence electrons. The maximum Gasteiger partial charge on any atom is 0.164 e. The Kier molecular flexibility index (Phi) is 4.04. The second-order valence-electron chi connectivity index (χ2n) is 4.07. The maximum atomic E-state index is 12.0. The third-order valence-corrected chi connectivity index (χ3v) is 3.19. The average molecular weight is 283 g/mol. The predicted octanol–water partition coefficient (Wildman–Crippen LogP) is 3.54. The largest absolute Gasteiger partial charge is 0.294 e. The number of hydrogen-bond acceptors (Lipinski definition) is 2. The monoisotopic (exact) mass is 282 g/mol. The Labute approximate surface area is 115 Å². The van der Waals surface area contributed by atoms with Crippen LogP contribution in [0, 0.1) is 0 Å². The van der Waals surface area contributed by atoms with Crippen molar-refractivity contribution in [1.29, 1.82) is 0 Å². The number of aromatic nitrogens is 2. The van der Waals surface area contributed by atoms with Gasteiger partial charge in [-0.25, -0.2) is 0 Å². The van der Waals surface area contributed by atoms with Gasteiger partial charge in [-0.1, -0.05) is 23.2 Å². The van der Waals surface area contributed by atoms with Gasteiger partial charge < -0.3 is 0 Å². The molecular weight excluding hydrogens is 271 g/mol. The van der Waals surface area contributed by atoms with Crippen LogP contribution in [-0.4, -0.2) is 15.6 Å². The van der Waals surface area contributed by atoms with Gasteiger partial charge in [0.1, 0.15) is 0 Å². The fourth-order valence-corrected chi connectivity index (χ4v) is 2.10. The minimum absolute atomic E-state index is 0.00801. The lowest BCUT2D eigenvalue weighted by molar-refractivity contribution is 0.0983. The molecule has 0 aliphatic rings. The van der Waals surface area contributed by atoms with Gasteiger partial charge in [0.25, 0.3) is 0 Å². The van der Waals surface area contributed by atoms with Crippen molar-refractivity contribution in [3.05, 3.63) is 51.8 Å². The summed E-state index contributed by atoms with van der Waals surface area (Å²) in [5, 5.41) is 5.02. The topological polar surface area (TPSA) is 34.9 Å². The van der Waals surface area contributed by atoms with Crippen molar-refractivity contribution < 1.29 is 4.79 Å². The van der Waals surface area contributed by atoms with E-state index in [4.69, 9.17) is 23.2 Å². The van der Waals surface area contributed by atoms with E-state index < -0.39 is 0 Å². The number of ketones is 1. The Morgan fingerprint density at radius 2 is 2.17 bits per heavy atom. The SMILES string of the molecule is Cn1cc(CCC(=O)c2cc(Cl)ccc2Cl)cn1. The standard InChI is InChI=1S/C13H12Cl2N2O/c1-17-8-9(7-16-17)2-5-13(18)11-6-10(14)3-4-12(11)15/h3-4,6-8H,2,5H2,1H3. The van der Waals surface area contributed by atoms with Crippen molar-refractivity contribution in [2.24, 2.45) is 7.05 Å². The third kappa shape index (κ3) is 3.12.